The van der Waals surface area contributed by atoms with Crippen LogP contribution < -0.4 is 20.1 Å². The predicted molar refractivity (Wildman–Crippen MR) is 109 cm³/mol. The molecule has 0 aliphatic rings. The van der Waals surface area contributed by atoms with Crippen LogP contribution in [-0.4, -0.2) is 30.3 Å². The first-order valence-electron chi connectivity index (χ1n) is 8.40. The van der Waals surface area contributed by atoms with E-state index in [1.807, 2.05) is 13.0 Å². The van der Waals surface area contributed by atoms with Crippen LogP contribution in [0.2, 0.25) is 5.02 Å². The fourth-order valence-corrected chi connectivity index (χ4v) is 2.61. The zero-order valence-corrected chi connectivity index (χ0v) is 16.4. The highest BCUT2D eigenvalue weighted by atomic mass is 35.5. The van der Waals surface area contributed by atoms with Crippen LogP contribution in [0.1, 0.15) is 16.1 Å². The van der Waals surface area contributed by atoms with Crippen LogP contribution in [-0.2, 0) is 0 Å². The molecule has 0 fully saturated rings. The number of anilines is 3. The van der Waals surface area contributed by atoms with Gasteiger partial charge in [-0.05, 0) is 55.0 Å². The summed E-state index contributed by atoms with van der Waals surface area (Å²) in [4.78, 5) is 12.3. The standard InChI is InChI=1S/C20H19ClN4O3/c1-12-10-17(18(28-3)11-15(12)21)23-19-9-8-16(24-25-19)20(26)22-13-4-6-14(27-2)7-5-13/h4-11H,1-3H3,(H,22,26)(H,23,25). The highest BCUT2D eigenvalue weighted by Crippen LogP contribution is 2.32. The molecule has 7 nitrogen and oxygen atoms in total. The van der Waals surface area contributed by atoms with E-state index in [1.165, 1.54) is 0 Å². The zero-order valence-electron chi connectivity index (χ0n) is 15.6. The Kier molecular flexibility index (Phi) is 5.96. The molecule has 0 unspecified atom stereocenters. The Balaban J connectivity index is 1.71. The molecule has 3 rings (SSSR count). The van der Waals surface area contributed by atoms with Gasteiger partial charge in [-0.25, -0.2) is 0 Å². The largest absolute Gasteiger partial charge is 0.497 e. The van der Waals surface area contributed by atoms with Gasteiger partial charge in [0.1, 0.15) is 11.5 Å². The molecule has 2 N–H and O–H groups in total. The second kappa shape index (κ2) is 8.58. The van der Waals surface area contributed by atoms with Crippen molar-refractivity contribution in [3.8, 4) is 11.5 Å². The lowest BCUT2D eigenvalue weighted by Gasteiger charge is -2.12. The molecule has 2 aromatic carbocycles. The Morgan fingerprint density at radius 1 is 1.00 bits per heavy atom. The summed E-state index contributed by atoms with van der Waals surface area (Å²) in [6, 6.07) is 13.8. The van der Waals surface area contributed by atoms with E-state index >= 15 is 0 Å². The maximum absolute atomic E-state index is 12.3. The maximum atomic E-state index is 12.3. The molecular formula is C20H19ClN4O3. The van der Waals surface area contributed by atoms with Gasteiger partial charge in [-0.2, -0.15) is 0 Å². The molecule has 0 atom stereocenters. The van der Waals surface area contributed by atoms with Gasteiger partial charge in [0, 0.05) is 16.8 Å². The van der Waals surface area contributed by atoms with Crippen molar-refractivity contribution in [3.63, 3.8) is 0 Å². The molecule has 28 heavy (non-hydrogen) atoms. The van der Waals surface area contributed by atoms with Crippen molar-refractivity contribution in [1.29, 1.82) is 0 Å². The van der Waals surface area contributed by atoms with E-state index in [-0.39, 0.29) is 11.6 Å². The monoisotopic (exact) mass is 398 g/mol. The average Bonchev–Trinajstić information content (AvgIpc) is 2.71. The number of benzene rings is 2. The van der Waals surface area contributed by atoms with Crippen molar-refractivity contribution in [2.24, 2.45) is 0 Å². The molecule has 0 aliphatic heterocycles. The number of halogens is 1. The van der Waals surface area contributed by atoms with E-state index in [2.05, 4.69) is 20.8 Å². The number of ether oxygens (including phenoxy) is 2. The number of aromatic nitrogens is 2. The number of rotatable bonds is 6. The molecule has 3 aromatic rings. The Labute approximate surface area is 167 Å². The minimum atomic E-state index is -0.357. The molecule has 0 bridgehead atoms. The van der Waals surface area contributed by atoms with E-state index in [4.69, 9.17) is 21.1 Å². The summed E-state index contributed by atoms with van der Waals surface area (Å²) < 4.78 is 10.4. The summed E-state index contributed by atoms with van der Waals surface area (Å²) in [5.74, 6) is 1.41. The minimum absolute atomic E-state index is 0.195. The maximum Gasteiger partial charge on any atom is 0.276 e. The predicted octanol–water partition coefficient (Wildman–Crippen LogP) is 4.45. The molecule has 1 heterocycles. The number of hydrogen-bond acceptors (Lipinski definition) is 6. The number of amides is 1. The summed E-state index contributed by atoms with van der Waals surface area (Å²) >= 11 is 6.12. The Morgan fingerprint density at radius 2 is 1.75 bits per heavy atom. The summed E-state index contributed by atoms with van der Waals surface area (Å²) in [5, 5.41) is 14.5. The molecule has 144 valence electrons. The first kappa shape index (κ1) is 19.4. The van der Waals surface area contributed by atoms with E-state index in [0.717, 1.165) is 5.56 Å². The molecule has 0 saturated heterocycles. The molecule has 0 radical (unpaired) electrons. The second-order valence-electron chi connectivity index (χ2n) is 5.91. The van der Waals surface area contributed by atoms with Crippen LogP contribution in [0.3, 0.4) is 0 Å². The smallest absolute Gasteiger partial charge is 0.276 e. The van der Waals surface area contributed by atoms with Gasteiger partial charge in [-0.3, -0.25) is 4.79 Å². The first-order chi connectivity index (χ1) is 13.5. The molecule has 1 aromatic heterocycles. The quantitative estimate of drug-likeness (QED) is 0.638. The van der Waals surface area contributed by atoms with Crippen LogP contribution in [0.4, 0.5) is 17.2 Å². The third kappa shape index (κ3) is 4.50. The third-order valence-electron chi connectivity index (χ3n) is 3.99. The SMILES string of the molecule is COc1ccc(NC(=O)c2ccc(Nc3cc(C)c(Cl)cc3OC)nn2)cc1. The second-order valence-corrected chi connectivity index (χ2v) is 6.32. The number of carbonyl (C=O) groups is 1. The van der Waals surface area contributed by atoms with Crippen LogP contribution in [0.5, 0.6) is 11.5 Å². The van der Waals surface area contributed by atoms with Crippen molar-refractivity contribution in [1.82, 2.24) is 10.2 Å². The number of methoxy groups -OCH3 is 2. The van der Waals surface area contributed by atoms with Crippen molar-refractivity contribution in [3.05, 3.63) is 64.8 Å². The third-order valence-corrected chi connectivity index (χ3v) is 4.40. The summed E-state index contributed by atoms with van der Waals surface area (Å²) in [5.41, 5.74) is 2.43. The summed E-state index contributed by atoms with van der Waals surface area (Å²) in [6.07, 6.45) is 0. The molecule has 0 saturated carbocycles. The first-order valence-corrected chi connectivity index (χ1v) is 8.78. The molecule has 8 heteroatoms. The van der Waals surface area contributed by atoms with Crippen molar-refractivity contribution in [2.45, 2.75) is 6.92 Å². The normalized spacial score (nSPS) is 10.3. The number of nitrogens with zero attached hydrogens (tertiary/aromatic N) is 2. The van der Waals surface area contributed by atoms with Gasteiger partial charge in [0.05, 0.1) is 19.9 Å². The lowest BCUT2D eigenvalue weighted by atomic mass is 10.2. The zero-order chi connectivity index (χ0) is 20.1. The fourth-order valence-electron chi connectivity index (χ4n) is 2.46. The van der Waals surface area contributed by atoms with E-state index in [9.17, 15) is 4.79 Å². The number of nitrogens with one attached hydrogen (secondary N) is 2. The fraction of sp³-hybridized carbons (Fsp3) is 0.150. The summed E-state index contributed by atoms with van der Waals surface area (Å²) in [6.45, 7) is 1.89. The lowest BCUT2D eigenvalue weighted by molar-refractivity contribution is 0.102. The number of aryl methyl sites for hydroxylation is 1. The van der Waals surface area contributed by atoms with Gasteiger partial charge >= 0.3 is 0 Å². The average molecular weight is 399 g/mol. The Bertz CT molecular complexity index is 976. The highest BCUT2D eigenvalue weighted by molar-refractivity contribution is 6.31. The molecule has 1 amide bonds. The Hall–Kier alpha value is -3.32. The van der Waals surface area contributed by atoms with E-state index in [0.29, 0.717) is 33.7 Å². The van der Waals surface area contributed by atoms with Crippen molar-refractivity contribution < 1.29 is 14.3 Å². The summed E-state index contributed by atoms with van der Waals surface area (Å²) in [7, 11) is 3.14. The van der Waals surface area contributed by atoms with Crippen LogP contribution in [0.15, 0.2) is 48.5 Å². The van der Waals surface area contributed by atoms with Gasteiger partial charge in [0.15, 0.2) is 11.5 Å². The molecule has 0 spiro atoms. The minimum Gasteiger partial charge on any atom is -0.497 e. The lowest BCUT2D eigenvalue weighted by Crippen LogP contribution is -2.14. The van der Waals surface area contributed by atoms with Crippen LogP contribution in [0, 0.1) is 6.92 Å². The number of hydrogen-bond donors (Lipinski definition) is 2. The Morgan fingerprint density at radius 3 is 2.36 bits per heavy atom. The van der Waals surface area contributed by atoms with Gasteiger partial charge in [0.25, 0.3) is 5.91 Å². The number of carbonyl (C=O) groups excluding carboxylic acids is 1. The topological polar surface area (TPSA) is 85.4 Å². The van der Waals surface area contributed by atoms with E-state index in [1.54, 1.807) is 56.7 Å². The van der Waals surface area contributed by atoms with Crippen LogP contribution >= 0.6 is 11.6 Å². The van der Waals surface area contributed by atoms with Crippen molar-refractivity contribution >= 4 is 34.7 Å². The van der Waals surface area contributed by atoms with E-state index < -0.39 is 0 Å². The highest BCUT2D eigenvalue weighted by Gasteiger charge is 2.11. The molecule has 0 aliphatic carbocycles. The van der Waals surface area contributed by atoms with Crippen LogP contribution in [0.25, 0.3) is 0 Å². The van der Waals surface area contributed by atoms with Gasteiger partial charge < -0.3 is 20.1 Å². The van der Waals surface area contributed by atoms with Gasteiger partial charge in [-0.1, -0.05) is 11.6 Å². The van der Waals surface area contributed by atoms with Crippen molar-refractivity contribution in [2.75, 3.05) is 24.9 Å². The molecular weight excluding hydrogens is 380 g/mol. The van der Waals surface area contributed by atoms with Gasteiger partial charge in [-0.15, -0.1) is 10.2 Å². The van der Waals surface area contributed by atoms with Gasteiger partial charge in [0.2, 0.25) is 0 Å².